The first-order chi connectivity index (χ1) is 7.68. The molecule has 0 amide bonds. The van der Waals surface area contributed by atoms with E-state index >= 15 is 0 Å². The van der Waals surface area contributed by atoms with Crippen LogP contribution in [0.3, 0.4) is 0 Å². The fraction of sp³-hybridized carbons (Fsp3) is 0.917. The van der Waals surface area contributed by atoms with Crippen LogP contribution < -0.4 is 0 Å². The third-order valence-corrected chi connectivity index (χ3v) is 4.06. The summed E-state index contributed by atoms with van der Waals surface area (Å²) in [6, 6.07) is 0.388. The topological polar surface area (TPSA) is 43.8 Å². The standard InChI is InChI=1S/C12H22N2O2/c1-10(12(15)16)13-8-4-11(5-9-13)14-6-2-3-7-14/h10-11H,2-9H2,1H3,(H,15,16)/t10-/m1/s1. The Labute approximate surface area is 97.2 Å². The van der Waals surface area contributed by atoms with E-state index in [-0.39, 0.29) is 6.04 Å². The molecular weight excluding hydrogens is 204 g/mol. The second kappa shape index (κ2) is 5.15. The molecule has 1 N–H and O–H groups in total. The molecule has 0 bridgehead atoms. The van der Waals surface area contributed by atoms with E-state index in [4.69, 9.17) is 5.11 Å². The van der Waals surface area contributed by atoms with Gasteiger partial charge in [0, 0.05) is 19.1 Å². The van der Waals surface area contributed by atoms with E-state index in [1.807, 2.05) is 0 Å². The van der Waals surface area contributed by atoms with Crippen LogP contribution in [0.2, 0.25) is 0 Å². The lowest BCUT2D eigenvalue weighted by atomic mass is 10.0. The highest BCUT2D eigenvalue weighted by molar-refractivity contribution is 5.72. The highest BCUT2D eigenvalue weighted by Gasteiger charge is 2.29. The zero-order chi connectivity index (χ0) is 11.5. The third-order valence-electron chi connectivity index (χ3n) is 4.06. The van der Waals surface area contributed by atoms with Gasteiger partial charge in [-0.25, -0.2) is 0 Å². The largest absolute Gasteiger partial charge is 0.480 e. The predicted molar refractivity (Wildman–Crippen MR) is 62.5 cm³/mol. The average Bonchev–Trinajstić information content (AvgIpc) is 2.81. The molecule has 0 spiro atoms. The van der Waals surface area contributed by atoms with E-state index in [9.17, 15) is 4.79 Å². The molecule has 0 unspecified atom stereocenters. The van der Waals surface area contributed by atoms with E-state index in [1.165, 1.54) is 25.9 Å². The average molecular weight is 226 g/mol. The minimum Gasteiger partial charge on any atom is -0.480 e. The minimum atomic E-state index is -0.695. The maximum absolute atomic E-state index is 10.9. The fourth-order valence-electron chi connectivity index (χ4n) is 2.90. The van der Waals surface area contributed by atoms with Gasteiger partial charge >= 0.3 is 5.97 Å². The summed E-state index contributed by atoms with van der Waals surface area (Å²) < 4.78 is 0. The van der Waals surface area contributed by atoms with Crippen LogP contribution in [0.4, 0.5) is 0 Å². The van der Waals surface area contributed by atoms with E-state index in [1.54, 1.807) is 6.92 Å². The van der Waals surface area contributed by atoms with Gasteiger partial charge in [-0.15, -0.1) is 0 Å². The number of hydrogen-bond donors (Lipinski definition) is 1. The Hall–Kier alpha value is -0.610. The van der Waals surface area contributed by atoms with Gasteiger partial charge in [-0.3, -0.25) is 9.69 Å². The number of carboxylic acids is 1. The van der Waals surface area contributed by atoms with Gasteiger partial charge in [0.15, 0.2) is 0 Å². The highest BCUT2D eigenvalue weighted by atomic mass is 16.4. The van der Waals surface area contributed by atoms with Crippen molar-refractivity contribution in [1.82, 2.24) is 9.80 Å². The van der Waals surface area contributed by atoms with Crippen molar-refractivity contribution in [2.24, 2.45) is 0 Å². The van der Waals surface area contributed by atoms with Crippen molar-refractivity contribution in [2.75, 3.05) is 26.2 Å². The Morgan fingerprint density at radius 3 is 2.25 bits per heavy atom. The molecule has 4 nitrogen and oxygen atoms in total. The molecule has 2 rings (SSSR count). The molecule has 0 aliphatic carbocycles. The van der Waals surface area contributed by atoms with Crippen molar-refractivity contribution < 1.29 is 9.90 Å². The number of hydrogen-bond acceptors (Lipinski definition) is 3. The van der Waals surface area contributed by atoms with Crippen LogP contribution in [-0.2, 0) is 4.79 Å². The van der Waals surface area contributed by atoms with Crippen LogP contribution in [0.25, 0.3) is 0 Å². The third kappa shape index (κ3) is 2.55. The molecule has 0 saturated carbocycles. The van der Waals surface area contributed by atoms with E-state index in [0.717, 1.165) is 25.9 Å². The summed E-state index contributed by atoms with van der Waals surface area (Å²) in [6.07, 6.45) is 4.95. The maximum Gasteiger partial charge on any atom is 0.320 e. The van der Waals surface area contributed by atoms with Crippen molar-refractivity contribution in [2.45, 2.75) is 44.7 Å². The molecule has 0 aromatic carbocycles. The van der Waals surface area contributed by atoms with Crippen molar-refractivity contribution in [3.8, 4) is 0 Å². The normalized spacial score (nSPS) is 27.1. The van der Waals surface area contributed by atoms with Crippen molar-refractivity contribution in [3.05, 3.63) is 0 Å². The zero-order valence-electron chi connectivity index (χ0n) is 10.1. The predicted octanol–water partition coefficient (Wildman–Crippen LogP) is 1.02. The Morgan fingerprint density at radius 2 is 1.75 bits per heavy atom. The molecule has 2 aliphatic rings. The van der Waals surface area contributed by atoms with Crippen LogP contribution in [0.5, 0.6) is 0 Å². The maximum atomic E-state index is 10.9. The molecule has 0 aromatic rings. The first kappa shape index (κ1) is 11.9. The number of likely N-dealkylation sites (tertiary alicyclic amines) is 2. The molecular formula is C12H22N2O2. The summed E-state index contributed by atoms with van der Waals surface area (Å²) in [5.74, 6) is -0.695. The van der Waals surface area contributed by atoms with Crippen molar-refractivity contribution in [3.63, 3.8) is 0 Å². The molecule has 0 aromatic heterocycles. The summed E-state index contributed by atoms with van der Waals surface area (Å²) in [5.41, 5.74) is 0. The van der Waals surface area contributed by atoms with Crippen molar-refractivity contribution in [1.29, 1.82) is 0 Å². The Morgan fingerprint density at radius 1 is 1.19 bits per heavy atom. The summed E-state index contributed by atoms with van der Waals surface area (Å²) in [5, 5.41) is 8.96. The van der Waals surface area contributed by atoms with E-state index in [2.05, 4.69) is 9.80 Å². The monoisotopic (exact) mass is 226 g/mol. The minimum absolute atomic E-state index is 0.320. The smallest absolute Gasteiger partial charge is 0.320 e. The molecule has 16 heavy (non-hydrogen) atoms. The number of rotatable bonds is 3. The van der Waals surface area contributed by atoms with Crippen molar-refractivity contribution >= 4 is 5.97 Å². The highest BCUT2D eigenvalue weighted by Crippen LogP contribution is 2.21. The fourth-order valence-corrected chi connectivity index (χ4v) is 2.90. The van der Waals surface area contributed by atoms with Crippen LogP contribution in [0, 0.1) is 0 Å². The molecule has 0 radical (unpaired) electrons. The Bertz CT molecular complexity index is 243. The SMILES string of the molecule is C[C@H](C(=O)O)N1CCC(N2CCCC2)CC1. The number of carbonyl (C=O) groups is 1. The quantitative estimate of drug-likeness (QED) is 0.780. The lowest BCUT2D eigenvalue weighted by Crippen LogP contribution is -2.48. The van der Waals surface area contributed by atoms with Gasteiger partial charge in [0.25, 0.3) is 0 Å². The summed E-state index contributed by atoms with van der Waals surface area (Å²) >= 11 is 0. The second-order valence-electron chi connectivity index (χ2n) is 5.02. The summed E-state index contributed by atoms with van der Waals surface area (Å²) in [4.78, 5) is 15.6. The lowest BCUT2D eigenvalue weighted by molar-refractivity contribution is -0.143. The molecule has 2 heterocycles. The van der Waals surface area contributed by atoms with Crippen LogP contribution >= 0.6 is 0 Å². The van der Waals surface area contributed by atoms with Gasteiger partial charge in [0.2, 0.25) is 0 Å². The van der Waals surface area contributed by atoms with Gasteiger partial charge in [-0.2, -0.15) is 0 Å². The molecule has 1 atom stereocenters. The van der Waals surface area contributed by atoms with Crippen LogP contribution in [0.15, 0.2) is 0 Å². The zero-order valence-corrected chi connectivity index (χ0v) is 10.1. The van der Waals surface area contributed by atoms with E-state index < -0.39 is 5.97 Å². The Balaban J connectivity index is 1.79. The first-order valence-corrected chi connectivity index (χ1v) is 6.39. The first-order valence-electron chi connectivity index (χ1n) is 6.39. The van der Waals surface area contributed by atoms with Crippen LogP contribution in [-0.4, -0.2) is 59.1 Å². The van der Waals surface area contributed by atoms with Gasteiger partial charge < -0.3 is 10.0 Å². The molecule has 4 heteroatoms. The molecule has 2 aliphatic heterocycles. The van der Waals surface area contributed by atoms with Gasteiger partial charge in [-0.05, 0) is 45.7 Å². The van der Waals surface area contributed by atoms with E-state index in [0.29, 0.717) is 6.04 Å². The molecule has 92 valence electrons. The number of nitrogens with zero attached hydrogens (tertiary/aromatic N) is 2. The van der Waals surface area contributed by atoms with Gasteiger partial charge in [0.05, 0.1) is 0 Å². The lowest BCUT2D eigenvalue weighted by Gasteiger charge is -2.38. The Kier molecular flexibility index (Phi) is 3.82. The number of carboxylic acid groups (broad SMARTS) is 1. The van der Waals surface area contributed by atoms with Gasteiger partial charge in [-0.1, -0.05) is 0 Å². The van der Waals surface area contributed by atoms with Crippen LogP contribution in [0.1, 0.15) is 32.6 Å². The summed E-state index contributed by atoms with van der Waals surface area (Å²) in [7, 11) is 0. The van der Waals surface area contributed by atoms with Gasteiger partial charge in [0.1, 0.15) is 6.04 Å². The number of piperidine rings is 1. The number of aliphatic carboxylic acids is 1. The molecule has 2 saturated heterocycles. The molecule has 2 fully saturated rings. The second-order valence-corrected chi connectivity index (χ2v) is 5.02. The summed E-state index contributed by atoms with van der Waals surface area (Å²) in [6.45, 7) is 6.17.